The summed E-state index contributed by atoms with van der Waals surface area (Å²) in [4.78, 5) is 1.38. The van der Waals surface area contributed by atoms with Crippen molar-refractivity contribution in [1.82, 2.24) is 0 Å². The zero-order chi connectivity index (χ0) is 10.1. The SMILES string of the molecule is CSc1ccc2c(CBr)csc2c1I. The van der Waals surface area contributed by atoms with Crippen LogP contribution in [0.25, 0.3) is 10.1 Å². The van der Waals surface area contributed by atoms with Gasteiger partial charge in [-0.05, 0) is 51.2 Å². The number of halogens is 2. The van der Waals surface area contributed by atoms with E-state index in [0.717, 1.165) is 5.33 Å². The smallest absolute Gasteiger partial charge is 0.0490 e. The van der Waals surface area contributed by atoms with Crippen LogP contribution in [-0.2, 0) is 5.33 Å². The molecule has 0 spiro atoms. The van der Waals surface area contributed by atoms with E-state index in [4.69, 9.17) is 0 Å². The Morgan fingerprint density at radius 1 is 1.50 bits per heavy atom. The minimum Gasteiger partial charge on any atom is -0.142 e. The molecule has 0 fully saturated rings. The van der Waals surface area contributed by atoms with Gasteiger partial charge in [0, 0.05) is 18.5 Å². The van der Waals surface area contributed by atoms with Crippen molar-refractivity contribution in [2.75, 3.05) is 6.26 Å². The number of fused-ring (bicyclic) bond motifs is 1. The molecule has 0 atom stereocenters. The van der Waals surface area contributed by atoms with Crippen molar-refractivity contribution in [1.29, 1.82) is 0 Å². The minimum absolute atomic E-state index is 0.946. The van der Waals surface area contributed by atoms with Crippen LogP contribution >= 0.6 is 61.6 Å². The van der Waals surface area contributed by atoms with Crippen LogP contribution in [0.3, 0.4) is 0 Å². The molecule has 1 aromatic heterocycles. The highest BCUT2D eigenvalue weighted by molar-refractivity contribution is 14.1. The van der Waals surface area contributed by atoms with Gasteiger partial charge in [0.1, 0.15) is 0 Å². The molecule has 14 heavy (non-hydrogen) atoms. The zero-order valence-corrected chi connectivity index (χ0v) is 12.9. The minimum atomic E-state index is 0.946. The van der Waals surface area contributed by atoms with Crippen molar-refractivity contribution in [3.63, 3.8) is 0 Å². The van der Waals surface area contributed by atoms with Crippen LogP contribution in [0, 0.1) is 3.57 Å². The Morgan fingerprint density at radius 3 is 2.93 bits per heavy atom. The van der Waals surface area contributed by atoms with E-state index >= 15 is 0 Å². The number of thiophene rings is 1. The molecule has 0 aliphatic heterocycles. The summed E-state index contributed by atoms with van der Waals surface area (Å²) in [5.74, 6) is 0. The maximum Gasteiger partial charge on any atom is 0.0490 e. The summed E-state index contributed by atoms with van der Waals surface area (Å²) in [5.41, 5.74) is 1.40. The molecule has 0 nitrogen and oxygen atoms in total. The standard InChI is InChI=1S/C10H8BrIS2/c1-13-8-3-2-7-6(4-11)5-14-10(7)9(8)12/h2-3,5H,4H2,1H3. The van der Waals surface area contributed by atoms with E-state index < -0.39 is 0 Å². The molecule has 2 aromatic rings. The van der Waals surface area contributed by atoms with Crippen LogP contribution in [0.4, 0.5) is 0 Å². The second-order valence-corrected chi connectivity index (χ2v) is 6.22. The maximum absolute atomic E-state index is 3.52. The molecular formula is C10H8BrIS2. The van der Waals surface area contributed by atoms with E-state index in [9.17, 15) is 0 Å². The van der Waals surface area contributed by atoms with Crippen molar-refractivity contribution in [2.45, 2.75) is 10.2 Å². The third-order valence-electron chi connectivity index (χ3n) is 2.09. The highest BCUT2D eigenvalue weighted by Gasteiger charge is 2.08. The first-order valence-electron chi connectivity index (χ1n) is 4.06. The Kier molecular flexibility index (Phi) is 3.79. The zero-order valence-electron chi connectivity index (χ0n) is 7.51. The summed E-state index contributed by atoms with van der Waals surface area (Å²) < 4.78 is 2.82. The lowest BCUT2D eigenvalue weighted by Gasteiger charge is -2.02. The van der Waals surface area contributed by atoms with Crippen LogP contribution in [0.5, 0.6) is 0 Å². The molecule has 0 radical (unpaired) electrons. The van der Waals surface area contributed by atoms with Crippen LogP contribution < -0.4 is 0 Å². The van der Waals surface area contributed by atoms with Gasteiger partial charge in [-0.3, -0.25) is 0 Å². The van der Waals surface area contributed by atoms with Crippen molar-refractivity contribution in [3.05, 3.63) is 26.6 Å². The van der Waals surface area contributed by atoms with E-state index in [1.807, 2.05) is 23.1 Å². The van der Waals surface area contributed by atoms with Crippen LogP contribution in [0.15, 0.2) is 22.4 Å². The van der Waals surface area contributed by atoms with E-state index in [1.165, 1.54) is 24.1 Å². The normalized spacial score (nSPS) is 11.1. The molecule has 0 N–H and O–H groups in total. The summed E-state index contributed by atoms with van der Waals surface area (Å²) in [6, 6.07) is 4.45. The summed E-state index contributed by atoms with van der Waals surface area (Å²) in [7, 11) is 0. The second-order valence-electron chi connectivity index (χ2n) is 2.85. The summed E-state index contributed by atoms with van der Waals surface area (Å²) in [6.45, 7) is 0. The Balaban J connectivity index is 2.72. The van der Waals surface area contributed by atoms with Gasteiger partial charge in [0.2, 0.25) is 0 Å². The van der Waals surface area contributed by atoms with Crippen molar-refractivity contribution < 1.29 is 0 Å². The molecule has 0 unspecified atom stereocenters. The number of hydrogen-bond donors (Lipinski definition) is 0. The second kappa shape index (κ2) is 4.72. The third-order valence-corrected chi connectivity index (χ3v) is 6.39. The summed E-state index contributed by atoms with van der Waals surface area (Å²) >= 11 is 9.62. The lowest BCUT2D eigenvalue weighted by atomic mass is 10.2. The van der Waals surface area contributed by atoms with Crippen LogP contribution in [0.2, 0.25) is 0 Å². The average Bonchev–Trinajstić information content (AvgIpc) is 2.62. The predicted molar refractivity (Wildman–Crippen MR) is 79.0 cm³/mol. The largest absolute Gasteiger partial charge is 0.142 e. The molecule has 4 heteroatoms. The number of hydrogen-bond acceptors (Lipinski definition) is 2. The molecule has 0 aliphatic rings. The highest BCUT2D eigenvalue weighted by atomic mass is 127. The topological polar surface area (TPSA) is 0 Å². The Hall–Kier alpha value is 0.740. The number of benzene rings is 1. The van der Waals surface area contributed by atoms with Gasteiger partial charge < -0.3 is 0 Å². The molecule has 0 bridgehead atoms. The van der Waals surface area contributed by atoms with Crippen LogP contribution in [-0.4, -0.2) is 6.26 Å². The number of thioether (sulfide) groups is 1. The lowest BCUT2D eigenvalue weighted by molar-refractivity contribution is 1.46. The molecular weight excluding hydrogens is 391 g/mol. The Labute approximate surface area is 114 Å². The van der Waals surface area contributed by atoms with Gasteiger partial charge >= 0.3 is 0 Å². The maximum atomic E-state index is 3.52. The predicted octanol–water partition coefficient (Wildman–Crippen LogP) is 5.12. The molecule has 0 aliphatic carbocycles. The van der Waals surface area contributed by atoms with Crippen molar-refractivity contribution in [2.24, 2.45) is 0 Å². The number of rotatable bonds is 2. The highest BCUT2D eigenvalue weighted by Crippen LogP contribution is 2.35. The first-order chi connectivity index (χ1) is 6.77. The molecule has 0 saturated heterocycles. The molecule has 0 saturated carbocycles. The van der Waals surface area contributed by atoms with E-state index in [0.29, 0.717) is 0 Å². The molecule has 1 aromatic carbocycles. The third kappa shape index (κ3) is 1.86. The van der Waals surface area contributed by atoms with Crippen molar-refractivity contribution >= 4 is 71.7 Å². The first kappa shape index (κ1) is 11.2. The number of alkyl halides is 1. The van der Waals surface area contributed by atoms with Gasteiger partial charge in [-0.1, -0.05) is 22.0 Å². The molecule has 1 heterocycles. The quantitative estimate of drug-likeness (QED) is 0.384. The fraction of sp³-hybridized carbons (Fsp3) is 0.200. The van der Waals surface area contributed by atoms with Gasteiger partial charge in [0.15, 0.2) is 0 Å². The van der Waals surface area contributed by atoms with Crippen LogP contribution in [0.1, 0.15) is 5.56 Å². The monoisotopic (exact) mass is 398 g/mol. The Bertz CT molecular complexity index is 464. The fourth-order valence-corrected chi connectivity index (χ4v) is 5.11. The van der Waals surface area contributed by atoms with E-state index in [-0.39, 0.29) is 0 Å². The fourth-order valence-electron chi connectivity index (χ4n) is 1.36. The van der Waals surface area contributed by atoms with Gasteiger partial charge in [-0.2, -0.15) is 0 Å². The van der Waals surface area contributed by atoms with Gasteiger partial charge in [-0.25, -0.2) is 0 Å². The summed E-state index contributed by atoms with van der Waals surface area (Å²) in [5, 5.41) is 4.59. The molecule has 74 valence electrons. The first-order valence-corrected chi connectivity index (χ1v) is 8.37. The van der Waals surface area contributed by atoms with E-state index in [2.05, 4.69) is 62.3 Å². The van der Waals surface area contributed by atoms with Gasteiger partial charge in [0.25, 0.3) is 0 Å². The van der Waals surface area contributed by atoms with E-state index in [1.54, 1.807) is 0 Å². The molecule has 0 amide bonds. The molecule has 2 rings (SSSR count). The lowest BCUT2D eigenvalue weighted by Crippen LogP contribution is -1.79. The van der Waals surface area contributed by atoms with Gasteiger partial charge in [-0.15, -0.1) is 23.1 Å². The average molecular weight is 399 g/mol. The van der Waals surface area contributed by atoms with Gasteiger partial charge in [0.05, 0.1) is 0 Å². The Morgan fingerprint density at radius 2 is 2.29 bits per heavy atom. The summed E-state index contributed by atoms with van der Waals surface area (Å²) in [6.07, 6.45) is 2.13. The van der Waals surface area contributed by atoms with Crippen molar-refractivity contribution in [3.8, 4) is 0 Å².